The summed E-state index contributed by atoms with van der Waals surface area (Å²) in [5.41, 5.74) is 0.581. The van der Waals surface area contributed by atoms with Crippen LogP contribution in [0.5, 0.6) is 0 Å². The molecule has 0 unspecified atom stereocenters. The van der Waals surface area contributed by atoms with Gasteiger partial charge in [0.1, 0.15) is 10.1 Å². The maximum absolute atomic E-state index is 10.8. The van der Waals surface area contributed by atoms with E-state index in [1.807, 2.05) is 13.8 Å². The molecule has 0 heterocycles. The molecule has 1 rings (SSSR count). The molecule has 72 valence electrons. The summed E-state index contributed by atoms with van der Waals surface area (Å²) in [5.74, 6) is 0.0416. The normalized spacial score (nSPS) is 11.1. The summed E-state index contributed by atoms with van der Waals surface area (Å²) in [6, 6.07) is 6.29. The summed E-state index contributed by atoms with van der Waals surface area (Å²) in [5, 5.41) is 0. The van der Waals surface area contributed by atoms with Crippen molar-refractivity contribution >= 4 is 10.1 Å². The number of benzene rings is 1. The van der Waals surface area contributed by atoms with E-state index in [9.17, 15) is 13.0 Å². The van der Waals surface area contributed by atoms with Crippen LogP contribution in [0.15, 0.2) is 29.2 Å². The molecular weight excluding hydrogens is 227 g/mol. The quantitative estimate of drug-likeness (QED) is 0.476. The Hall–Kier alpha value is 0.766. The minimum absolute atomic E-state index is 0. The van der Waals surface area contributed by atoms with Crippen molar-refractivity contribution in [3.63, 3.8) is 0 Å². The van der Waals surface area contributed by atoms with E-state index < -0.39 is 10.1 Å². The average Bonchev–Trinajstić information content (AvgIpc) is 2.03. The maximum Gasteiger partial charge on any atom is 1.00 e. The van der Waals surface area contributed by atoms with Crippen LogP contribution in [0.3, 0.4) is 0 Å². The van der Waals surface area contributed by atoms with E-state index in [4.69, 9.17) is 0 Å². The summed E-state index contributed by atoms with van der Waals surface area (Å²) >= 11 is 0. The van der Waals surface area contributed by atoms with Gasteiger partial charge in [-0.15, -0.1) is 0 Å². The molecule has 0 atom stereocenters. The molecule has 14 heavy (non-hydrogen) atoms. The monoisotopic (exact) mass is 238 g/mol. The molecule has 0 bridgehead atoms. The van der Waals surface area contributed by atoms with E-state index in [2.05, 4.69) is 0 Å². The molecule has 5 heteroatoms. The molecule has 0 fully saturated rings. The van der Waals surface area contributed by atoms with Crippen molar-refractivity contribution in [2.24, 2.45) is 0 Å². The van der Waals surface area contributed by atoms with Gasteiger partial charge in [0.25, 0.3) is 0 Å². The molecule has 0 aliphatic heterocycles. The zero-order valence-electron chi connectivity index (χ0n) is 8.52. The van der Waals surface area contributed by atoms with Crippen molar-refractivity contribution in [1.82, 2.24) is 0 Å². The SMILES string of the molecule is CC(C)c1ccccc1S(=O)(=O)[O-].[K+]. The summed E-state index contributed by atoms with van der Waals surface area (Å²) in [6.07, 6.45) is 0. The van der Waals surface area contributed by atoms with Crippen molar-refractivity contribution in [3.05, 3.63) is 29.8 Å². The van der Waals surface area contributed by atoms with Crippen LogP contribution >= 0.6 is 0 Å². The van der Waals surface area contributed by atoms with E-state index in [1.54, 1.807) is 18.2 Å². The van der Waals surface area contributed by atoms with Crippen molar-refractivity contribution in [2.75, 3.05) is 0 Å². The largest absolute Gasteiger partial charge is 1.00 e. The molecule has 0 aliphatic carbocycles. The molecule has 0 radical (unpaired) electrons. The minimum Gasteiger partial charge on any atom is -0.744 e. The predicted molar refractivity (Wildman–Crippen MR) is 48.5 cm³/mol. The molecule has 0 aromatic heterocycles. The van der Waals surface area contributed by atoms with Gasteiger partial charge >= 0.3 is 51.4 Å². The Kier molecular flexibility index (Phi) is 6.06. The first-order valence-electron chi connectivity index (χ1n) is 3.97. The Morgan fingerprint density at radius 1 is 1.21 bits per heavy atom. The van der Waals surface area contributed by atoms with E-state index >= 15 is 0 Å². The smallest absolute Gasteiger partial charge is 0.744 e. The van der Waals surface area contributed by atoms with Crippen molar-refractivity contribution in [2.45, 2.75) is 24.7 Å². The maximum atomic E-state index is 10.8. The predicted octanol–water partition coefficient (Wildman–Crippen LogP) is -1.28. The first-order valence-corrected chi connectivity index (χ1v) is 5.38. The second kappa shape index (κ2) is 5.74. The average molecular weight is 238 g/mol. The van der Waals surface area contributed by atoms with E-state index in [0.717, 1.165) is 0 Å². The van der Waals surface area contributed by atoms with Crippen LogP contribution in [0.25, 0.3) is 0 Å². The van der Waals surface area contributed by atoms with Gasteiger partial charge in [-0.25, -0.2) is 8.42 Å². The molecule has 0 N–H and O–H groups in total. The van der Waals surface area contributed by atoms with Gasteiger partial charge in [0.2, 0.25) is 0 Å². The van der Waals surface area contributed by atoms with Crippen molar-refractivity contribution < 1.29 is 64.4 Å². The summed E-state index contributed by atoms with van der Waals surface area (Å²) in [4.78, 5) is -0.106. The molecule has 0 saturated heterocycles. The van der Waals surface area contributed by atoms with Crippen molar-refractivity contribution in [1.29, 1.82) is 0 Å². The van der Waals surface area contributed by atoms with Crippen LogP contribution in [0.4, 0.5) is 0 Å². The van der Waals surface area contributed by atoms with E-state index in [1.165, 1.54) is 6.07 Å². The van der Waals surface area contributed by atoms with Gasteiger partial charge in [0.05, 0.1) is 4.90 Å². The minimum atomic E-state index is -4.33. The van der Waals surface area contributed by atoms with Crippen LogP contribution < -0.4 is 51.4 Å². The summed E-state index contributed by atoms with van der Waals surface area (Å²) in [7, 11) is -4.33. The van der Waals surface area contributed by atoms with Crippen LogP contribution in [-0.2, 0) is 10.1 Å². The van der Waals surface area contributed by atoms with Gasteiger partial charge in [-0.3, -0.25) is 0 Å². The second-order valence-electron chi connectivity index (χ2n) is 3.15. The Morgan fingerprint density at radius 2 is 1.71 bits per heavy atom. The van der Waals surface area contributed by atoms with Gasteiger partial charge < -0.3 is 4.55 Å². The molecule has 0 amide bonds. The molecule has 0 saturated carbocycles. The third-order valence-corrected chi connectivity index (χ3v) is 2.72. The van der Waals surface area contributed by atoms with Crippen LogP contribution in [0.2, 0.25) is 0 Å². The fourth-order valence-electron chi connectivity index (χ4n) is 1.19. The first-order chi connectivity index (χ1) is 5.93. The third-order valence-electron chi connectivity index (χ3n) is 1.81. The second-order valence-corrected chi connectivity index (χ2v) is 4.49. The molecule has 3 nitrogen and oxygen atoms in total. The Bertz CT molecular complexity index is 398. The summed E-state index contributed by atoms with van der Waals surface area (Å²) < 4.78 is 32.4. The van der Waals surface area contributed by atoms with E-state index in [0.29, 0.717) is 5.56 Å². The van der Waals surface area contributed by atoms with Gasteiger partial charge in [0, 0.05) is 0 Å². The summed E-state index contributed by atoms with van der Waals surface area (Å²) in [6.45, 7) is 3.70. The zero-order chi connectivity index (χ0) is 10.1. The van der Waals surface area contributed by atoms with E-state index in [-0.39, 0.29) is 62.2 Å². The van der Waals surface area contributed by atoms with Gasteiger partial charge in [-0.2, -0.15) is 0 Å². The number of rotatable bonds is 2. The van der Waals surface area contributed by atoms with Crippen LogP contribution in [-0.4, -0.2) is 13.0 Å². The number of hydrogen-bond acceptors (Lipinski definition) is 3. The topological polar surface area (TPSA) is 57.2 Å². The molecular formula is C9H11KO3S. The molecule has 0 aliphatic rings. The van der Waals surface area contributed by atoms with Gasteiger partial charge in [-0.1, -0.05) is 32.0 Å². The van der Waals surface area contributed by atoms with Gasteiger partial charge in [0.15, 0.2) is 0 Å². The Morgan fingerprint density at radius 3 is 2.07 bits per heavy atom. The standard InChI is InChI=1S/C9H12O3S.K/c1-7(2)8-5-3-4-6-9(8)13(10,11)12;/h3-7H,1-2H3,(H,10,11,12);/q;+1/p-1. The number of hydrogen-bond donors (Lipinski definition) is 0. The fraction of sp³-hybridized carbons (Fsp3) is 0.333. The third kappa shape index (κ3) is 3.73. The first kappa shape index (κ1) is 14.8. The molecule has 1 aromatic rings. The Labute approximate surface area is 127 Å². The van der Waals surface area contributed by atoms with Crippen molar-refractivity contribution in [3.8, 4) is 0 Å². The van der Waals surface area contributed by atoms with Gasteiger partial charge in [-0.05, 0) is 17.5 Å². The fourth-order valence-corrected chi connectivity index (χ4v) is 2.02. The van der Waals surface area contributed by atoms with Crippen LogP contribution in [0, 0.1) is 0 Å². The Balaban J connectivity index is 0.00000169. The molecule has 0 spiro atoms. The van der Waals surface area contributed by atoms with Crippen LogP contribution in [0.1, 0.15) is 25.3 Å². The zero-order valence-corrected chi connectivity index (χ0v) is 12.5. The molecule has 1 aromatic carbocycles.